The highest BCUT2D eigenvalue weighted by molar-refractivity contribution is 7.90. The number of aryl methyl sites for hydroxylation is 1. The number of aromatic nitrogens is 2. The molecule has 0 aliphatic rings. The molecule has 110 valence electrons. The van der Waals surface area contributed by atoms with Gasteiger partial charge in [-0.15, -0.1) is 0 Å². The average Bonchev–Trinajstić information content (AvgIpc) is 2.80. The Morgan fingerprint density at radius 3 is 2.57 bits per heavy atom. The fourth-order valence-corrected chi connectivity index (χ4v) is 2.49. The molecule has 2 rings (SSSR count). The highest BCUT2D eigenvalue weighted by Gasteiger charge is 2.15. The van der Waals surface area contributed by atoms with Crippen molar-refractivity contribution in [2.45, 2.75) is 4.90 Å². The highest BCUT2D eigenvalue weighted by atomic mass is 32.2. The van der Waals surface area contributed by atoms with E-state index in [1.807, 2.05) is 0 Å². The second-order valence-electron chi connectivity index (χ2n) is 4.49. The van der Waals surface area contributed by atoms with Gasteiger partial charge in [-0.2, -0.15) is 5.10 Å². The van der Waals surface area contributed by atoms with Gasteiger partial charge in [0.1, 0.15) is 10.7 Å². The molecule has 5 nitrogen and oxygen atoms in total. The molecule has 1 aromatic carbocycles. The second-order valence-corrected chi connectivity index (χ2v) is 6.48. The van der Waals surface area contributed by atoms with Crippen molar-refractivity contribution in [1.29, 1.82) is 0 Å². The van der Waals surface area contributed by atoms with Gasteiger partial charge >= 0.3 is 0 Å². The Morgan fingerprint density at radius 1 is 1.33 bits per heavy atom. The van der Waals surface area contributed by atoms with E-state index in [-0.39, 0.29) is 5.56 Å². The first kappa shape index (κ1) is 15.1. The third kappa shape index (κ3) is 3.43. The van der Waals surface area contributed by atoms with Crippen LogP contribution in [0.25, 0.3) is 6.08 Å². The molecule has 2 aromatic rings. The van der Waals surface area contributed by atoms with E-state index >= 15 is 0 Å². The number of carbonyl (C=O) groups is 1. The zero-order valence-electron chi connectivity index (χ0n) is 11.4. The SMILES string of the molecule is Cn1nccc1C=CC(=O)c1ccc(S(C)(=O)=O)c(F)c1. The number of halogens is 1. The summed E-state index contributed by atoms with van der Waals surface area (Å²) in [4.78, 5) is 11.5. The van der Waals surface area contributed by atoms with Gasteiger partial charge in [-0.05, 0) is 36.4 Å². The number of hydrogen-bond donors (Lipinski definition) is 0. The van der Waals surface area contributed by atoms with E-state index in [1.165, 1.54) is 12.1 Å². The molecular weight excluding hydrogens is 295 g/mol. The summed E-state index contributed by atoms with van der Waals surface area (Å²) >= 11 is 0. The van der Waals surface area contributed by atoms with Crippen molar-refractivity contribution < 1.29 is 17.6 Å². The quantitative estimate of drug-likeness (QED) is 0.638. The van der Waals surface area contributed by atoms with Crippen molar-refractivity contribution >= 4 is 21.7 Å². The minimum absolute atomic E-state index is 0.0818. The van der Waals surface area contributed by atoms with Crippen molar-refractivity contribution in [3.63, 3.8) is 0 Å². The lowest BCUT2D eigenvalue weighted by Crippen LogP contribution is -2.03. The molecule has 21 heavy (non-hydrogen) atoms. The third-order valence-corrected chi connectivity index (χ3v) is 4.01. The summed E-state index contributed by atoms with van der Waals surface area (Å²) in [5, 5.41) is 3.95. The fraction of sp³-hybridized carbons (Fsp3) is 0.143. The first-order valence-electron chi connectivity index (χ1n) is 5.99. The van der Waals surface area contributed by atoms with Crippen LogP contribution < -0.4 is 0 Å². The van der Waals surface area contributed by atoms with Crippen LogP contribution in [-0.2, 0) is 16.9 Å². The molecule has 0 saturated heterocycles. The van der Waals surface area contributed by atoms with Crippen LogP contribution in [0.2, 0.25) is 0 Å². The van der Waals surface area contributed by atoms with Gasteiger partial charge in [0, 0.05) is 25.1 Å². The summed E-state index contributed by atoms with van der Waals surface area (Å²) in [7, 11) is -1.92. The van der Waals surface area contributed by atoms with Crippen LogP contribution in [0.4, 0.5) is 4.39 Å². The van der Waals surface area contributed by atoms with Crippen LogP contribution in [0.15, 0.2) is 41.4 Å². The number of rotatable bonds is 4. The topological polar surface area (TPSA) is 69.0 Å². The Hall–Kier alpha value is -2.28. The van der Waals surface area contributed by atoms with E-state index in [2.05, 4.69) is 5.10 Å². The Morgan fingerprint density at radius 2 is 2.05 bits per heavy atom. The number of nitrogens with zero attached hydrogens (tertiary/aromatic N) is 2. The van der Waals surface area contributed by atoms with E-state index in [9.17, 15) is 17.6 Å². The molecule has 0 spiro atoms. The molecule has 0 bridgehead atoms. The lowest BCUT2D eigenvalue weighted by molar-refractivity contribution is 0.104. The van der Waals surface area contributed by atoms with Crippen molar-refractivity contribution in [3.05, 3.63) is 53.6 Å². The fourth-order valence-electron chi connectivity index (χ4n) is 1.76. The van der Waals surface area contributed by atoms with Gasteiger partial charge in [-0.1, -0.05) is 0 Å². The van der Waals surface area contributed by atoms with Gasteiger partial charge in [0.15, 0.2) is 15.6 Å². The smallest absolute Gasteiger partial charge is 0.186 e. The Kier molecular flexibility index (Phi) is 4.04. The summed E-state index contributed by atoms with van der Waals surface area (Å²) in [5.41, 5.74) is 0.801. The summed E-state index contributed by atoms with van der Waals surface area (Å²) in [6, 6.07) is 5.02. The molecule has 0 aliphatic heterocycles. The van der Waals surface area contributed by atoms with Gasteiger partial charge in [-0.25, -0.2) is 12.8 Å². The molecule has 1 heterocycles. The minimum Gasteiger partial charge on any atom is -0.289 e. The summed E-state index contributed by atoms with van der Waals surface area (Å²) in [6.45, 7) is 0. The Bertz CT molecular complexity index is 822. The van der Waals surface area contributed by atoms with Gasteiger partial charge in [0.05, 0.1) is 5.69 Å². The summed E-state index contributed by atoms with van der Waals surface area (Å²) < 4.78 is 37.9. The van der Waals surface area contributed by atoms with Gasteiger partial charge in [0.25, 0.3) is 0 Å². The van der Waals surface area contributed by atoms with Crippen LogP contribution in [0.5, 0.6) is 0 Å². The van der Waals surface area contributed by atoms with E-state index < -0.39 is 26.3 Å². The normalized spacial score (nSPS) is 12.0. The van der Waals surface area contributed by atoms with Crippen LogP contribution in [-0.4, -0.2) is 30.2 Å². The van der Waals surface area contributed by atoms with Crippen molar-refractivity contribution in [2.24, 2.45) is 7.05 Å². The standard InChI is InChI=1S/C14H13FN2O3S/c1-17-11(7-8-16-17)4-5-13(18)10-3-6-14(12(15)9-10)21(2,19)20/h3-9H,1-2H3. The largest absolute Gasteiger partial charge is 0.289 e. The average molecular weight is 308 g/mol. The van der Waals surface area contributed by atoms with Crippen molar-refractivity contribution in [1.82, 2.24) is 9.78 Å². The molecule has 0 amide bonds. The van der Waals surface area contributed by atoms with Crippen molar-refractivity contribution in [3.8, 4) is 0 Å². The molecule has 0 saturated carbocycles. The molecule has 0 radical (unpaired) electrons. The number of sulfone groups is 1. The lowest BCUT2D eigenvalue weighted by Gasteiger charge is -2.02. The third-order valence-electron chi connectivity index (χ3n) is 2.88. The van der Waals surface area contributed by atoms with Gasteiger partial charge in [-0.3, -0.25) is 9.48 Å². The van der Waals surface area contributed by atoms with Crippen LogP contribution >= 0.6 is 0 Å². The number of allylic oxidation sites excluding steroid dienone is 1. The molecule has 7 heteroatoms. The summed E-state index contributed by atoms with van der Waals surface area (Å²) in [5.74, 6) is -1.35. The molecule has 0 N–H and O–H groups in total. The first-order chi connectivity index (χ1) is 9.79. The van der Waals surface area contributed by atoms with E-state index in [4.69, 9.17) is 0 Å². The number of benzene rings is 1. The number of hydrogen-bond acceptors (Lipinski definition) is 4. The van der Waals surface area contributed by atoms with Gasteiger partial charge in [0.2, 0.25) is 0 Å². The maximum atomic E-state index is 13.7. The van der Waals surface area contributed by atoms with E-state index in [0.717, 1.165) is 24.1 Å². The van der Waals surface area contributed by atoms with Crippen LogP contribution in [0.3, 0.4) is 0 Å². The molecule has 0 unspecified atom stereocenters. The monoisotopic (exact) mass is 308 g/mol. The van der Waals surface area contributed by atoms with Crippen LogP contribution in [0, 0.1) is 5.82 Å². The molecular formula is C14H13FN2O3S. The molecule has 1 aromatic heterocycles. The van der Waals surface area contributed by atoms with E-state index in [0.29, 0.717) is 0 Å². The molecule has 0 fully saturated rings. The highest BCUT2D eigenvalue weighted by Crippen LogP contribution is 2.16. The lowest BCUT2D eigenvalue weighted by atomic mass is 10.1. The van der Waals surface area contributed by atoms with Crippen molar-refractivity contribution in [2.75, 3.05) is 6.26 Å². The maximum absolute atomic E-state index is 13.7. The summed E-state index contributed by atoms with van der Waals surface area (Å²) in [6.07, 6.45) is 5.34. The molecule has 0 aliphatic carbocycles. The first-order valence-corrected chi connectivity index (χ1v) is 7.88. The predicted octanol–water partition coefficient (Wildman–Crippen LogP) is 1.86. The van der Waals surface area contributed by atoms with Gasteiger partial charge < -0.3 is 0 Å². The number of carbonyl (C=O) groups excluding carboxylic acids is 1. The minimum atomic E-state index is -3.65. The van der Waals surface area contributed by atoms with E-state index in [1.54, 1.807) is 30.1 Å². The maximum Gasteiger partial charge on any atom is 0.186 e. The Labute approximate surface area is 121 Å². The molecule has 0 atom stereocenters. The van der Waals surface area contributed by atoms with Crippen LogP contribution in [0.1, 0.15) is 16.1 Å². The Balaban J connectivity index is 2.27. The zero-order valence-corrected chi connectivity index (χ0v) is 12.3. The zero-order chi connectivity index (χ0) is 15.6. The number of ketones is 1. The second kappa shape index (κ2) is 5.61. The predicted molar refractivity (Wildman–Crippen MR) is 76.1 cm³/mol.